The van der Waals surface area contributed by atoms with E-state index in [1.165, 1.54) is 5.56 Å². The molecular weight excluding hydrogens is 256 g/mol. The zero-order valence-electron chi connectivity index (χ0n) is 10.7. The molecule has 0 bridgehead atoms. The van der Waals surface area contributed by atoms with Crippen molar-refractivity contribution in [1.29, 1.82) is 0 Å². The molecule has 0 aliphatic rings. The van der Waals surface area contributed by atoms with Crippen molar-refractivity contribution in [2.75, 3.05) is 11.9 Å². The lowest BCUT2D eigenvalue weighted by molar-refractivity contribution is 0.800. The Balaban J connectivity index is 1.93. The molecule has 0 spiro atoms. The highest BCUT2D eigenvalue weighted by molar-refractivity contribution is 7.80. The molecule has 98 valence electrons. The van der Waals surface area contributed by atoms with Crippen LogP contribution in [-0.2, 0) is 0 Å². The maximum absolute atomic E-state index is 5.47. The van der Waals surface area contributed by atoms with Crippen molar-refractivity contribution < 1.29 is 0 Å². The number of benzene rings is 1. The van der Waals surface area contributed by atoms with E-state index in [1.54, 1.807) is 12.4 Å². The molecule has 1 aromatic carbocycles. The molecule has 0 amide bonds. The topological polar surface area (TPSA) is 63.8 Å². The van der Waals surface area contributed by atoms with E-state index in [4.69, 9.17) is 18.0 Å². The van der Waals surface area contributed by atoms with Gasteiger partial charge in [0.2, 0.25) is 0 Å². The smallest absolute Gasteiger partial charge is 0.144 e. The van der Waals surface area contributed by atoms with E-state index in [2.05, 4.69) is 34.3 Å². The first kappa shape index (κ1) is 13.4. The highest BCUT2D eigenvalue weighted by atomic mass is 32.1. The van der Waals surface area contributed by atoms with Gasteiger partial charge in [0.25, 0.3) is 0 Å². The third kappa shape index (κ3) is 3.72. The van der Waals surface area contributed by atoms with Crippen LogP contribution >= 0.6 is 12.2 Å². The zero-order valence-corrected chi connectivity index (χ0v) is 11.5. The molecule has 0 fully saturated rings. The van der Waals surface area contributed by atoms with Crippen LogP contribution in [0.25, 0.3) is 0 Å². The molecule has 0 aliphatic heterocycles. The monoisotopic (exact) mass is 272 g/mol. The van der Waals surface area contributed by atoms with Crippen LogP contribution in [0.5, 0.6) is 0 Å². The Morgan fingerprint density at radius 1 is 1.26 bits per heavy atom. The van der Waals surface area contributed by atoms with E-state index in [1.807, 2.05) is 18.2 Å². The van der Waals surface area contributed by atoms with Crippen LogP contribution in [-0.4, -0.2) is 21.5 Å². The minimum Gasteiger partial charge on any atom is -0.388 e. The molecule has 1 heterocycles. The second-order valence-corrected chi connectivity index (χ2v) is 4.78. The summed E-state index contributed by atoms with van der Waals surface area (Å²) in [6.45, 7) is 2.96. The molecule has 0 saturated carbocycles. The standard InChI is InChI=1S/C14H16N4S/c1-10(11-5-3-2-4-6-11)7-17-13-9-16-12(8-18-13)14(15)19/h2-6,8-10H,7H2,1H3,(H2,15,19)(H,17,18). The fourth-order valence-corrected chi connectivity index (χ4v) is 1.81. The molecule has 0 saturated heterocycles. The van der Waals surface area contributed by atoms with E-state index >= 15 is 0 Å². The molecule has 1 aromatic heterocycles. The third-order valence-corrected chi connectivity index (χ3v) is 3.07. The molecule has 19 heavy (non-hydrogen) atoms. The third-order valence-electron chi connectivity index (χ3n) is 2.86. The van der Waals surface area contributed by atoms with Gasteiger partial charge >= 0.3 is 0 Å². The Morgan fingerprint density at radius 3 is 2.58 bits per heavy atom. The SMILES string of the molecule is CC(CNc1cnc(C(N)=S)cn1)c1ccccc1. The summed E-state index contributed by atoms with van der Waals surface area (Å²) in [5.41, 5.74) is 7.30. The van der Waals surface area contributed by atoms with Crippen LogP contribution < -0.4 is 11.1 Å². The fraction of sp³-hybridized carbons (Fsp3) is 0.214. The first-order valence-corrected chi connectivity index (χ1v) is 6.48. The van der Waals surface area contributed by atoms with E-state index in [0.717, 1.165) is 12.4 Å². The van der Waals surface area contributed by atoms with Gasteiger partial charge in [0.1, 0.15) is 16.5 Å². The lowest BCUT2D eigenvalue weighted by Crippen LogP contribution is -2.14. The predicted molar refractivity (Wildman–Crippen MR) is 81.3 cm³/mol. The second kappa shape index (κ2) is 6.24. The van der Waals surface area contributed by atoms with Crippen molar-refractivity contribution >= 4 is 23.0 Å². The van der Waals surface area contributed by atoms with Crippen LogP contribution in [0.1, 0.15) is 24.1 Å². The largest absolute Gasteiger partial charge is 0.388 e. The predicted octanol–water partition coefficient (Wildman–Crippen LogP) is 2.33. The van der Waals surface area contributed by atoms with Gasteiger partial charge in [0, 0.05) is 6.54 Å². The lowest BCUT2D eigenvalue weighted by atomic mass is 10.0. The van der Waals surface area contributed by atoms with Crippen molar-refractivity contribution in [3.05, 3.63) is 54.0 Å². The molecule has 3 N–H and O–H groups in total. The average Bonchev–Trinajstić information content (AvgIpc) is 2.46. The first-order valence-electron chi connectivity index (χ1n) is 6.07. The fourth-order valence-electron chi connectivity index (χ4n) is 1.70. The minimum absolute atomic E-state index is 0.261. The number of hydrogen-bond acceptors (Lipinski definition) is 4. The van der Waals surface area contributed by atoms with Gasteiger partial charge in [-0.15, -0.1) is 0 Å². The summed E-state index contributed by atoms with van der Waals surface area (Å²) in [5.74, 6) is 1.13. The highest BCUT2D eigenvalue weighted by Gasteiger charge is 2.05. The van der Waals surface area contributed by atoms with E-state index in [-0.39, 0.29) is 4.99 Å². The summed E-state index contributed by atoms with van der Waals surface area (Å²) in [6, 6.07) is 10.3. The Labute approximate surface area is 118 Å². The molecule has 0 aliphatic carbocycles. The molecule has 4 nitrogen and oxygen atoms in total. The van der Waals surface area contributed by atoms with Gasteiger partial charge in [0.05, 0.1) is 12.4 Å². The van der Waals surface area contributed by atoms with Crippen molar-refractivity contribution in [3.8, 4) is 0 Å². The summed E-state index contributed by atoms with van der Waals surface area (Å²) < 4.78 is 0. The van der Waals surface area contributed by atoms with Crippen molar-refractivity contribution in [2.45, 2.75) is 12.8 Å². The van der Waals surface area contributed by atoms with Crippen molar-refractivity contribution in [1.82, 2.24) is 9.97 Å². The van der Waals surface area contributed by atoms with Gasteiger partial charge in [-0.3, -0.25) is 0 Å². The quantitative estimate of drug-likeness (QED) is 0.818. The van der Waals surface area contributed by atoms with Gasteiger partial charge in [-0.05, 0) is 11.5 Å². The average molecular weight is 272 g/mol. The number of nitrogens with zero attached hydrogens (tertiary/aromatic N) is 2. The molecule has 2 aromatic rings. The van der Waals surface area contributed by atoms with Crippen molar-refractivity contribution in [3.63, 3.8) is 0 Å². The summed E-state index contributed by atoms with van der Waals surface area (Å²) >= 11 is 4.83. The molecule has 1 unspecified atom stereocenters. The van der Waals surface area contributed by atoms with Gasteiger partial charge in [-0.2, -0.15) is 0 Å². The van der Waals surface area contributed by atoms with Gasteiger partial charge < -0.3 is 11.1 Å². The number of thiocarbonyl (C=S) groups is 1. The summed E-state index contributed by atoms with van der Waals surface area (Å²) in [7, 11) is 0. The molecule has 5 heteroatoms. The number of hydrogen-bond donors (Lipinski definition) is 2. The summed E-state index contributed by atoms with van der Waals surface area (Å²) in [6.07, 6.45) is 3.23. The number of anilines is 1. The van der Waals surface area contributed by atoms with Crippen LogP contribution in [0.2, 0.25) is 0 Å². The Kier molecular flexibility index (Phi) is 4.41. The number of rotatable bonds is 5. The Hall–Kier alpha value is -2.01. The maximum atomic E-state index is 5.47. The van der Waals surface area contributed by atoms with Crippen LogP contribution in [0, 0.1) is 0 Å². The lowest BCUT2D eigenvalue weighted by Gasteiger charge is -2.13. The Bertz CT molecular complexity index is 539. The second-order valence-electron chi connectivity index (χ2n) is 4.34. The minimum atomic E-state index is 0.261. The van der Waals surface area contributed by atoms with Crippen molar-refractivity contribution in [2.24, 2.45) is 5.73 Å². The van der Waals surface area contributed by atoms with E-state index < -0.39 is 0 Å². The van der Waals surface area contributed by atoms with E-state index in [9.17, 15) is 0 Å². The zero-order chi connectivity index (χ0) is 13.7. The highest BCUT2D eigenvalue weighted by Crippen LogP contribution is 2.14. The van der Waals surface area contributed by atoms with E-state index in [0.29, 0.717) is 11.6 Å². The summed E-state index contributed by atoms with van der Waals surface area (Å²) in [4.78, 5) is 8.62. The van der Waals surface area contributed by atoms with Crippen LogP contribution in [0.15, 0.2) is 42.7 Å². The molecule has 0 radical (unpaired) electrons. The normalized spacial score (nSPS) is 11.8. The molecule has 1 atom stereocenters. The Morgan fingerprint density at radius 2 is 2.00 bits per heavy atom. The maximum Gasteiger partial charge on any atom is 0.144 e. The van der Waals surface area contributed by atoms with Crippen LogP contribution in [0.3, 0.4) is 0 Å². The van der Waals surface area contributed by atoms with Gasteiger partial charge in [-0.1, -0.05) is 49.5 Å². The first-order chi connectivity index (χ1) is 9.16. The van der Waals surface area contributed by atoms with Crippen LogP contribution in [0.4, 0.5) is 5.82 Å². The molecule has 2 rings (SSSR count). The van der Waals surface area contributed by atoms with Gasteiger partial charge in [0.15, 0.2) is 0 Å². The number of nitrogens with one attached hydrogen (secondary N) is 1. The number of aromatic nitrogens is 2. The molecular formula is C14H16N4S. The number of nitrogens with two attached hydrogens (primary N) is 1. The summed E-state index contributed by atoms with van der Waals surface area (Å²) in [5, 5.41) is 3.25. The van der Waals surface area contributed by atoms with Gasteiger partial charge in [-0.25, -0.2) is 9.97 Å².